The van der Waals surface area contributed by atoms with Gasteiger partial charge in [-0.2, -0.15) is 0 Å². The Kier molecular flexibility index (Phi) is 5.73. The SMILES string of the molecule is C=CN(C=O)CCC(=O)NC1CCCCC1C. The van der Waals surface area contributed by atoms with E-state index in [2.05, 4.69) is 18.8 Å². The summed E-state index contributed by atoms with van der Waals surface area (Å²) in [4.78, 5) is 23.6. The minimum atomic E-state index is 0.0254. The standard InChI is InChI=1S/C13H22N2O2/c1-3-15(10-16)9-8-13(17)14-12-7-5-4-6-11(12)2/h3,10-12H,1,4-9H2,2H3,(H,14,17). The van der Waals surface area contributed by atoms with Gasteiger partial charge in [0.1, 0.15) is 0 Å². The zero-order valence-corrected chi connectivity index (χ0v) is 10.5. The third kappa shape index (κ3) is 4.59. The molecule has 96 valence electrons. The Bertz CT molecular complexity index is 271. The van der Waals surface area contributed by atoms with Crippen LogP contribution in [0.15, 0.2) is 12.8 Å². The van der Waals surface area contributed by atoms with E-state index in [0.717, 1.165) is 6.42 Å². The van der Waals surface area contributed by atoms with E-state index in [1.165, 1.54) is 30.4 Å². The van der Waals surface area contributed by atoms with Crippen LogP contribution in [0.2, 0.25) is 0 Å². The second-order valence-corrected chi connectivity index (χ2v) is 4.71. The first-order chi connectivity index (χ1) is 8.17. The van der Waals surface area contributed by atoms with Crippen molar-refractivity contribution in [2.45, 2.75) is 45.1 Å². The van der Waals surface area contributed by atoms with Crippen molar-refractivity contribution < 1.29 is 9.59 Å². The fourth-order valence-electron chi connectivity index (χ4n) is 2.23. The molecule has 2 atom stereocenters. The highest BCUT2D eigenvalue weighted by Gasteiger charge is 2.22. The molecule has 1 aliphatic carbocycles. The van der Waals surface area contributed by atoms with Crippen LogP contribution in [0.25, 0.3) is 0 Å². The fourth-order valence-corrected chi connectivity index (χ4v) is 2.23. The fraction of sp³-hybridized carbons (Fsp3) is 0.692. The topological polar surface area (TPSA) is 49.4 Å². The Balaban J connectivity index is 2.28. The molecule has 0 aromatic heterocycles. The minimum absolute atomic E-state index is 0.0254. The Morgan fingerprint density at radius 2 is 2.18 bits per heavy atom. The molecule has 4 nitrogen and oxygen atoms in total. The first-order valence-corrected chi connectivity index (χ1v) is 6.30. The normalized spacial score (nSPS) is 23.8. The molecule has 0 aromatic carbocycles. The predicted octanol–water partition coefficient (Wildman–Crippen LogP) is 1.67. The van der Waals surface area contributed by atoms with Crippen molar-refractivity contribution in [1.82, 2.24) is 10.2 Å². The van der Waals surface area contributed by atoms with Crippen molar-refractivity contribution in [1.29, 1.82) is 0 Å². The number of hydrogen-bond donors (Lipinski definition) is 1. The molecular weight excluding hydrogens is 216 g/mol. The second kappa shape index (κ2) is 7.09. The molecule has 2 unspecified atom stereocenters. The van der Waals surface area contributed by atoms with E-state index in [-0.39, 0.29) is 5.91 Å². The lowest BCUT2D eigenvalue weighted by atomic mass is 9.86. The van der Waals surface area contributed by atoms with Crippen LogP contribution < -0.4 is 5.32 Å². The highest BCUT2D eigenvalue weighted by atomic mass is 16.2. The first-order valence-electron chi connectivity index (χ1n) is 6.30. The van der Waals surface area contributed by atoms with E-state index >= 15 is 0 Å². The van der Waals surface area contributed by atoms with Gasteiger partial charge in [-0.25, -0.2) is 0 Å². The summed E-state index contributed by atoms with van der Waals surface area (Å²) < 4.78 is 0. The minimum Gasteiger partial charge on any atom is -0.353 e. The van der Waals surface area contributed by atoms with E-state index in [4.69, 9.17) is 0 Å². The van der Waals surface area contributed by atoms with Crippen molar-refractivity contribution in [3.05, 3.63) is 12.8 Å². The Morgan fingerprint density at radius 1 is 1.47 bits per heavy atom. The number of rotatable bonds is 6. The Hall–Kier alpha value is -1.32. The smallest absolute Gasteiger partial charge is 0.222 e. The van der Waals surface area contributed by atoms with Crippen LogP contribution >= 0.6 is 0 Å². The number of carbonyl (C=O) groups excluding carboxylic acids is 2. The van der Waals surface area contributed by atoms with Gasteiger partial charge in [-0.3, -0.25) is 9.59 Å². The molecule has 0 spiro atoms. The summed E-state index contributed by atoms with van der Waals surface area (Å²) in [6, 6.07) is 0.310. The molecule has 4 heteroatoms. The van der Waals surface area contributed by atoms with Crippen molar-refractivity contribution in [2.75, 3.05) is 6.54 Å². The van der Waals surface area contributed by atoms with Gasteiger partial charge in [0.15, 0.2) is 0 Å². The quantitative estimate of drug-likeness (QED) is 0.716. The molecule has 1 saturated carbocycles. The molecule has 17 heavy (non-hydrogen) atoms. The lowest BCUT2D eigenvalue weighted by Gasteiger charge is -2.29. The van der Waals surface area contributed by atoms with Crippen LogP contribution in [-0.2, 0) is 9.59 Å². The average Bonchev–Trinajstić information content (AvgIpc) is 2.33. The molecule has 0 heterocycles. The van der Waals surface area contributed by atoms with Gasteiger partial charge in [-0.05, 0) is 25.0 Å². The van der Waals surface area contributed by atoms with Crippen molar-refractivity contribution >= 4 is 12.3 Å². The molecule has 1 aliphatic rings. The zero-order valence-electron chi connectivity index (χ0n) is 10.5. The maximum Gasteiger partial charge on any atom is 0.222 e. The molecule has 0 aromatic rings. The summed E-state index contributed by atoms with van der Waals surface area (Å²) in [5.41, 5.74) is 0. The van der Waals surface area contributed by atoms with Gasteiger partial charge in [0.25, 0.3) is 0 Å². The van der Waals surface area contributed by atoms with E-state index in [1.807, 2.05) is 0 Å². The third-order valence-corrected chi connectivity index (χ3v) is 3.42. The molecule has 1 rings (SSSR count). The molecule has 0 aliphatic heterocycles. The number of carbonyl (C=O) groups is 2. The first kappa shape index (κ1) is 13.7. The van der Waals surface area contributed by atoms with Crippen molar-refractivity contribution in [3.63, 3.8) is 0 Å². The maximum absolute atomic E-state index is 11.7. The van der Waals surface area contributed by atoms with Crippen LogP contribution in [0.3, 0.4) is 0 Å². The third-order valence-electron chi connectivity index (χ3n) is 3.42. The summed E-state index contributed by atoms with van der Waals surface area (Å²) in [6.45, 7) is 6.09. The summed E-state index contributed by atoms with van der Waals surface area (Å²) >= 11 is 0. The molecule has 1 fully saturated rings. The van der Waals surface area contributed by atoms with E-state index in [9.17, 15) is 9.59 Å². The Morgan fingerprint density at radius 3 is 2.76 bits per heavy atom. The van der Waals surface area contributed by atoms with Gasteiger partial charge in [0, 0.05) is 19.0 Å². The van der Waals surface area contributed by atoms with Crippen LogP contribution in [0.1, 0.15) is 39.0 Å². The van der Waals surface area contributed by atoms with Crippen LogP contribution in [0, 0.1) is 5.92 Å². The monoisotopic (exact) mass is 238 g/mol. The van der Waals surface area contributed by atoms with Gasteiger partial charge in [0.05, 0.1) is 0 Å². The number of nitrogens with zero attached hydrogens (tertiary/aromatic N) is 1. The average molecular weight is 238 g/mol. The van der Waals surface area contributed by atoms with E-state index in [0.29, 0.717) is 31.3 Å². The molecule has 0 saturated heterocycles. The van der Waals surface area contributed by atoms with E-state index in [1.54, 1.807) is 0 Å². The summed E-state index contributed by atoms with van der Waals surface area (Å²) in [6.07, 6.45) is 7.19. The largest absolute Gasteiger partial charge is 0.353 e. The van der Waals surface area contributed by atoms with Gasteiger partial charge in [-0.15, -0.1) is 0 Å². The maximum atomic E-state index is 11.7. The van der Waals surface area contributed by atoms with Crippen LogP contribution in [0.4, 0.5) is 0 Å². The molecule has 1 N–H and O–H groups in total. The van der Waals surface area contributed by atoms with Crippen LogP contribution in [-0.4, -0.2) is 29.8 Å². The number of nitrogens with one attached hydrogen (secondary N) is 1. The van der Waals surface area contributed by atoms with Gasteiger partial charge < -0.3 is 10.2 Å². The molecule has 0 radical (unpaired) electrons. The number of hydrogen-bond acceptors (Lipinski definition) is 2. The number of amides is 2. The van der Waals surface area contributed by atoms with E-state index < -0.39 is 0 Å². The van der Waals surface area contributed by atoms with Gasteiger partial charge in [-0.1, -0.05) is 26.3 Å². The van der Waals surface area contributed by atoms with Crippen molar-refractivity contribution in [2.24, 2.45) is 5.92 Å². The summed E-state index contributed by atoms with van der Waals surface area (Å²) in [5, 5.41) is 3.06. The lowest BCUT2D eigenvalue weighted by Crippen LogP contribution is -2.41. The van der Waals surface area contributed by atoms with Gasteiger partial charge in [0.2, 0.25) is 12.3 Å². The molecule has 0 bridgehead atoms. The molecular formula is C13H22N2O2. The second-order valence-electron chi connectivity index (χ2n) is 4.71. The summed E-state index contributed by atoms with van der Waals surface area (Å²) in [5.74, 6) is 0.590. The van der Waals surface area contributed by atoms with Crippen molar-refractivity contribution in [3.8, 4) is 0 Å². The highest BCUT2D eigenvalue weighted by molar-refractivity contribution is 5.76. The predicted molar refractivity (Wildman–Crippen MR) is 67.1 cm³/mol. The zero-order chi connectivity index (χ0) is 12.7. The molecule has 2 amide bonds. The van der Waals surface area contributed by atoms with Gasteiger partial charge >= 0.3 is 0 Å². The summed E-state index contributed by atoms with van der Waals surface area (Å²) in [7, 11) is 0. The lowest BCUT2D eigenvalue weighted by molar-refractivity contribution is -0.123. The Labute approximate surface area is 103 Å². The van der Waals surface area contributed by atoms with Crippen LogP contribution in [0.5, 0.6) is 0 Å². The highest BCUT2D eigenvalue weighted by Crippen LogP contribution is 2.23.